The van der Waals surface area contributed by atoms with E-state index in [2.05, 4.69) is 17.9 Å². The van der Waals surface area contributed by atoms with Crippen LogP contribution < -0.4 is 5.32 Å². The average molecular weight is 316 g/mol. The minimum atomic E-state index is -1.70. The van der Waals surface area contributed by atoms with Gasteiger partial charge < -0.3 is 14.6 Å². The Labute approximate surface area is 126 Å². The fourth-order valence-electron chi connectivity index (χ4n) is 1.74. The maximum Gasteiger partial charge on any atom is 0.327 e. The third-order valence-electron chi connectivity index (χ3n) is 2.88. The molecule has 21 heavy (non-hydrogen) atoms. The van der Waals surface area contributed by atoms with Crippen LogP contribution in [0.25, 0.3) is 0 Å². The van der Waals surface area contributed by atoms with Crippen molar-refractivity contribution in [2.24, 2.45) is 0 Å². The Morgan fingerprint density at radius 3 is 2.52 bits per heavy atom. The van der Waals surface area contributed by atoms with Crippen LogP contribution in [0.4, 0.5) is 5.69 Å². The Balaban J connectivity index is 2.94. The van der Waals surface area contributed by atoms with Crippen LogP contribution in [0.2, 0.25) is 0 Å². The van der Waals surface area contributed by atoms with E-state index in [4.69, 9.17) is 9.47 Å². The lowest BCUT2D eigenvalue weighted by atomic mass is 10.1. The molecule has 0 saturated carbocycles. The molecule has 0 saturated heterocycles. The highest BCUT2D eigenvalue weighted by Crippen LogP contribution is 2.23. The van der Waals surface area contributed by atoms with Crippen LogP contribution in [0.3, 0.4) is 0 Å². The van der Waals surface area contributed by atoms with Crippen molar-refractivity contribution in [2.75, 3.05) is 14.2 Å². The van der Waals surface area contributed by atoms with Crippen LogP contribution in [0.15, 0.2) is 24.3 Å². The predicted molar refractivity (Wildman–Crippen MR) is 77.1 cm³/mol. The molecule has 0 radical (unpaired) electrons. The number of carboxylic acids is 1. The Morgan fingerprint density at radius 1 is 1.48 bits per heavy atom. The Morgan fingerprint density at radius 2 is 2.05 bits per heavy atom. The number of benzene rings is 1. The third kappa shape index (κ3) is 4.14. The number of ether oxygens (including phenoxy) is 2. The highest BCUT2D eigenvalue weighted by Gasteiger charge is 2.41. The minimum Gasteiger partial charge on any atom is -0.480 e. The molecule has 0 aliphatic rings. The molecule has 1 rings (SSSR count). The average Bonchev–Trinajstić information content (AvgIpc) is 2.47. The van der Waals surface area contributed by atoms with Gasteiger partial charge in [-0.1, -0.05) is 18.2 Å². The monoisotopic (exact) mass is 316 g/mol. The number of nitrogens with one attached hydrogen (secondary N) is 1. The van der Waals surface area contributed by atoms with E-state index in [-0.39, 0.29) is 12.2 Å². The fourth-order valence-corrected chi connectivity index (χ4v) is 1.94. The first-order chi connectivity index (χ1) is 9.85. The number of nitro benzene ring substituents is 1. The Hall–Kier alpha value is -1.68. The molecule has 0 aliphatic heterocycles. The van der Waals surface area contributed by atoms with Crippen molar-refractivity contribution < 1.29 is 24.3 Å². The van der Waals surface area contributed by atoms with Crippen molar-refractivity contribution in [2.45, 2.75) is 17.7 Å². The largest absolute Gasteiger partial charge is 0.480 e. The zero-order valence-electron chi connectivity index (χ0n) is 11.5. The first kappa shape index (κ1) is 17.4. The van der Waals surface area contributed by atoms with Crippen LogP contribution in [0, 0.1) is 10.1 Å². The van der Waals surface area contributed by atoms with Crippen LogP contribution in [-0.4, -0.2) is 41.4 Å². The molecular formula is C12H16N2O6S. The third-order valence-corrected chi connectivity index (χ3v) is 3.50. The van der Waals surface area contributed by atoms with Crippen LogP contribution in [0.1, 0.15) is 5.56 Å². The number of aliphatic carboxylic acids is 1. The van der Waals surface area contributed by atoms with Gasteiger partial charge >= 0.3 is 5.97 Å². The van der Waals surface area contributed by atoms with Crippen LogP contribution in [0.5, 0.6) is 0 Å². The molecular weight excluding hydrogens is 300 g/mol. The van der Waals surface area contributed by atoms with E-state index in [1.54, 1.807) is 6.07 Å². The van der Waals surface area contributed by atoms with Gasteiger partial charge in [0.2, 0.25) is 5.12 Å². The summed E-state index contributed by atoms with van der Waals surface area (Å²) in [5.41, 5.74) is 0.241. The van der Waals surface area contributed by atoms with Crippen molar-refractivity contribution in [3.8, 4) is 0 Å². The van der Waals surface area contributed by atoms with Crippen LogP contribution >= 0.6 is 12.6 Å². The maximum atomic E-state index is 11.3. The highest BCUT2D eigenvalue weighted by molar-refractivity contribution is 7.81. The molecule has 1 aromatic rings. The van der Waals surface area contributed by atoms with Gasteiger partial charge in [-0.2, -0.15) is 0 Å². The number of nitrogens with zero attached hydrogens (tertiary/aromatic N) is 1. The van der Waals surface area contributed by atoms with Gasteiger partial charge in [-0.05, 0) is 0 Å². The number of carbonyl (C=O) groups is 1. The van der Waals surface area contributed by atoms with Gasteiger partial charge in [-0.25, -0.2) is 0 Å². The van der Waals surface area contributed by atoms with Gasteiger partial charge in [0.05, 0.1) is 4.92 Å². The quantitative estimate of drug-likeness (QED) is 0.284. The number of rotatable bonds is 8. The second-order valence-corrected chi connectivity index (χ2v) is 4.70. The van der Waals surface area contributed by atoms with Gasteiger partial charge in [0.15, 0.2) is 6.04 Å². The SMILES string of the molecule is COC(S)(OC)[C@H](NCc1ccccc1[N+](=O)[O-])C(=O)O. The molecule has 0 unspecified atom stereocenters. The molecule has 2 N–H and O–H groups in total. The van der Waals surface area contributed by atoms with E-state index in [1.807, 2.05) is 0 Å². The van der Waals surface area contributed by atoms with Crippen molar-refractivity contribution >= 4 is 24.3 Å². The number of nitro groups is 1. The lowest BCUT2D eigenvalue weighted by Crippen LogP contribution is -2.54. The zero-order chi connectivity index (χ0) is 16.0. The fraction of sp³-hybridized carbons (Fsp3) is 0.417. The maximum absolute atomic E-state index is 11.3. The first-order valence-electron chi connectivity index (χ1n) is 5.87. The van der Waals surface area contributed by atoms with Gasteiger partial charge in [-0.15, -0.1) is 12.6 Å². The summed E-state index contributed by atoms with van der Waals surface area (Å²) in [5.74, 6) is -1.26. The van der Waals surface area contributed by atoms with Gasteiger partial charge in [0, 0.05) is 32.4 Å². The van der Waals surface area contributed by atoms with E-state index < -0.39 is 22.1 Å². The molecule has 1 atom stereocenters. The summed E-state index contributed by atoms with van der Waals surface area (Å²) in [6, 6.07) is 4.71. The molecule has 0 heterocycles. The summed E-state index contributed by atoms with van der Waals surface area (Å²) in [4.78, 5) is 21.7. The van der Waals surface area contributed by atoms with E-state index >= 15 is 0 Å². The van der Waals surface area contributed by atoms with Gasteiger partial charge in [-0.3, -0.25) is 20.2 Å². The standard InChI is InChI=1S/C12H16N2O6S/c1-19-12(21,20-2)10(11(15)16)13-7-8-5-3-4-6-9(8)14(17)18/h3-6,10,13,21H,7H2,1-2H3,(H,15,16)/t10-/m1/s1. The summed E-state index contributed by atoms with van der Waals surface area (Å²) in [6.45, 7) is -0.0524. The summed E-state index contributed by atoms with van der Waals surface area (Å²) >= 11 is 4.04. The summed E-state index contributed by atoms with van der Waals surface area (Å²) < 4.78 is 9.88. The molecule has 0 aliphatic carbocycles. The lowest BCUT2D eigenvalue weighted by molar-refractivity contribution is -0.385. The molecule has 0 bridgehead atoms. The minimum absolute atomic E-state index is 0.0524. The normalized spacial score (nSPS) is 12.9. The smallest absolute Gasteiger partial charge is 0.327 e. The molecule has 0 fully saturated rings. The number of methoxy groups -OCH3 is 2. The number of thiol groups is 1. The van der Waals surface area contributed by atoms with E-state index in [1.165, 1.54) is 32.4 Å². The van der Waals surface area contributed by atoms with Crippen molar-refractivity contribution in [3.05, 3.63) is 39.9 Å². The molecule has 0 aromatic heterocycles. The Bertz CT molecular complexity index is 520. The van der Waals surface area contributed by atoms with Crippen LogP contribution in [-0.2, 0) is 20.8 Å². The van der Waals surface area contributed by atoms with Crippen molar-refractivity contribution in [3.63, 3.8) is 0 Å². The van der Waals surface area contributed by atoms with Crippen molar-refractivity contribution in [1.82, 2.24) is 5.32 Å². The topological polar surface area (TPSA) is 111 Å². The van der Waals surface area contributed by atoms with E-state index in [9.17, 15) is 20.0 Å². The van der Waals surface area contributed by atoms with Gasteiger partial charge in [0.1, 0.15) is 0 Å². The number of carboxylic acid groups (broad SMARTS) is 1. The summed E-state index contributed by atoms with van der Waals surface area (Å²) in [5, 5.41) is 21.1. The molecule has 0 spiro atoms. The lowest BCUT2D eigenvalue weighted by Gasteiger charge is -2.31. The predicted octanol–water partition coefficient (Wildman–Crippen LogP) is 1.01. The molecule has 116 valence electrons. The highest BCUT2D eigenvalue weighted by atomic mass is 32.1. The number of hydrogen-bond acceptors (Lipinski definition) is 7. The number of para-hydroxylation sites is 1. The summed E-state index contributed by atoms with van der Waals surface area (Å²) in [7, 11) is 2.50. The second-order valence-electron chi connectivity index (χ2n) is 4.08. The Kier molecular flexibility index (Phi) is 6.09. The first-order valence-corrected chi connectivity index (χ1v) is 6.31. The molecule has 9 heteroatoms. The summed E-state index contributed by atoms with van der Waals surface area (Å²) in [6.07, 6.45) is 0. The zero-order valence-corrected chi connectivity index (χ0v) is 12.4. The van der Waals surface area contributed by atoms with Crippen molar-refractivity contribution in [1.29, 1.82) is 0 Å². The second kappa shape index (κ2) is 7.36. The number of hydrogen-bond donors (Lipinski definition) is 3. The van der Waals surface area contributed by atoms with E-state index in [0.717, 1.165) is 0 Å². The molecule has 8 nitrogen and oxygen atoms in total. The van der Waals surface area contributed by atoms with E-state index in [0.29, 0.717) is 5.56 Å². The molecule has 0 amide bonds. The molecule has 1 aromatic carbocycles. The van der Waals surface area contributed by atoms with Gasteiger partial charge in [0.25, 0.3) is 5.69 Å².